The van der Waals surface area contributed by atoms with Crippen molar-refractivity contribution >= 4 is 29.6 Å². The third-order valence-electron chi connectivity index (χ3n) is 4.95. The second kappa shape index (κ2) is 8.85. The fraction of sp³-hybridized carbons (Fsp3) is 0.0800. The number of halogens is 1. The third kappa shape index (κ3) is 4.27. The number of hydrogen-bond acceptors (Lipinski definition) is 4. The minimum Gasteiger partial charge on any atom is -0.488 e. The van der Waals surface area contributed by atoms with Gasteiger partial charge in [-0.05, 0) is 37.3 Å². The molecule has 1 fully saturated rings. The number of ether oxygens (including phenoxy) is 1. The van der Waals surface area contributed by atoms with E-state index in [9.17, 15) is 18.8 Å². The highest BCUT2D eigenvalue weighted by Gasteiger charge is 2.36. The molecule has 3 aromatic rings. The van der Waals surface area contributed by atoms with Gasteiger partial charge in [-0.1, -0.05) is 54.1 Å². The highest BCUT2D eigenvalue weighted by Crippen LogP contribution is 2.26. The van der Waals surface area contributed by atoms with Crippen LogP contribution in [0.25, 0.3) is 6.08 Å². The maximum atomic E-state index is 13.9. The first kappa shape index (κ1) is 21.0. The molecule has 0 aliphatic carbocycles. The van der Waals surface area contributed by atoms with Crippen LogP contribution in [-0.4, -0.2) is 17.8 Å². The summed E-state index contributed by atoms with van der Waals surface area (Å²) in [5, 5.41) is 2.20. The standard InChI is InChI=1S/C25H19FN2O4/c1-16-10-12-19(13-11-16)28-24(30)20(23(29)27-25(28)31)14-17-6-3-5-9-22(17)32-15-18-7-2-4-8-21(18)26/h2-14H,15H2,1H3,(H,27,29,31)/b20-14+. The van der Waals surface area contributed by atoms with Crippen LogP contribution in [0.5, 0.6) is 5.75 Å². The Morgan fingerprint density at radius 1 is 0.938 bits per heavy atom. The van der Waals surface area contributed by atoms with Crippen molar-refractivity contribution in [3.05, 3.63) is 101 Å². The van der Waals surface area contributed by atoms with Crippen LogP contribution < -0.4 is 15.0 Å². The zero-order valence-corrected chi connectivity index (χ0v) is 17.2. The minimum absolute atomic E-state index is 0.0268. The Labute approximate surface area is 183 Å². The fourth-order valence-corrected chi connectivity index (χ4v) is 3.24. The third-order valence-corrected chi connectivity index (χ3v) is 4.95. The summed E-state index contributed by atoms with van der Waals surface area (Å²) in [6.45, 7) is 1.86. The Morgan fingerprint density at radius 3 is 2.38 bits per heavy atom. The van der Waals surface area contributed by atoms with Gasteiger partial charge in [0.1, 0.15) is 23.7 Å². The average Bonchev–Trinajstić information content (AvgIpc) is 2.78. The second-order valence-electron chi connectivity index (χ2n) is 7.21. The van der Waals surface area contributed by atoms with Gasteiger partial charge >= 0.3 is 6.03 Å². The maximum Gasteiger partial charge on any atom is 0.335 e. The van der Waals surface area contributed by atoms with E-state index in [4.69, 9.17) is 4.74 Å². The van der Waals surface area contributed by atoms with E-state index in [0.29, 0.717) is 22.6 Å². The number of nitrogens with zero attached hydrogens (tertiary/aromatic N) is 1. The second-order valence-corrected chi connectivity index (χ2v) is 7.21. The highest BCUT2D eigenvalue weighted by molar-refractivity contribution is 6.39. The van der Waals surface area contributed by atoms with Crippen LogP contribution in [-0.2, 0) is 16.2 Å². The number of para-hydroxylation sites is 1. The summed E-state index contributed by atoms with van der Waals surface area (Å²) < 4.78 is 19.7. The zero-order chi connectivity index (χ0) is 22.7. The number of barbiturate groups is 1. The summed E-state index contributed by atoms with van der Waals surface area (Å²) in [7, 11) is 0. The molecule has 160 valence electrons. The van der Waals surface area contributed by atoms with Gasteiger partial charge in [0.25, 0.3) is 11.8 Å². The van der Waals surface area contributed by atoms with Crippen molar-refractivity contribution < 1.29 is 23.5 Å². The molecule has 0 aromatic heterocycles. The highest BCUT2D eigenvalue weighted by atomic mass is 19.1. The van der Waals surface area contributed by atoms with E-state index in [1.54, 1.807) is 66.7 Å². The first-order valence-corrected chi connectivity index (χ1v) is 9.87. The van der Waals surface area contributed by atoms with Crippen molar-refractivity contribution in [3.63, 3.8) is 0 Å². The van der Waals surface area contributed by atoms with E-state index >= 15 is 0 Å². The van der Waals surface area contributed by atoms with Gasteiger partial charge in [0.2, 0.25) is 0 Å². The molecule has 0 saturated carbocycles. The van der Waals surface area contributed by atoms with Gasteiger partial charge in [0.15, 0.2) is 0 Å². The molecule has 0 radical (unpaired) electrons. The Bertz CT molecular complexity index is 1230. The first-order valence-electron chi connectivity index (χ1n) is 9.87. The zero-order valence-electron chi connectivity index (χ0n) is 17.2. The number of hydrogen-bond donors (Lipinski definition) is 1. The molecule has 1 aliphatic heterocycles. The molecule has 6 nitrogen and oxygen atoms in total. The number of benzene rings is 3. The van der Waals surface area contributed by atoms with Gasteiger partial charge in [-0.25, -0.2) is 14.1 Å². The van der Waals surface area contributed by atoms with Gasteiger partial charge in [0.05, 0.1) is 5.69 Å². The van der Waals surface area contributed by atoms with Gasteiger partial charge in [-0.3, -0.25) is 14.9 Å². The van der Waals surface area contributed by atoms with Crippen molar-refractivity contribution in [2.24, 2.45) is 0 Å². The number of aryl methyl sites for hydroxylation is 1. The van der Waals surface area contributed by atoms with Crippen LogP contribution in [0.2, 0.25) is 0 Å². The van der Waals surface area contributed by atoms with E-state index in [1.807, 2.05) is 6.92 Å². The van der Waals surface area contributed by atoms with E-state index < -0.39 is 23.7 Å². The number of imide groups is 2. The Kier molecular flexibility index (Phi) is 5.81. The van der Waals surface area contributed by atoms with Crippen molar-refractivity contribution in [3.8, 4) is 5.75 Å². The van der Waals surface area contributed by atoms with Crippen LogP contribution in [0, 0.1) is 12.7 Å². The Hall–Kier alpha value is -4.26. The molecule has 1 N–H and O–H groups in total. The average molecular weight is 430 g/mol. The lowest BCUT2D eigenvalue weighted by Gasteiger charge is -2.26. The lowest BCUT2D eigenvalue weighted by molar-refractivity contribution is -0.122. The topological polar surface area (TPSA) is 75.7 Å². The molecule has 4 amide bonds. The molecule has 0 bridgehead atoms. The molecule has 1 aliphatic rings. The normalized spacial score (nSPS) is 15.1. The van der Waals surface area contributed by atoms with Crippen LogP contribution in [0.3, 0.4) is 0 Å². The Morgan fingerprint density at radius 2 is 1.62 bits per heavy atom. The van der Waals surface area contributed by atoms with Crippen molar-refractivity contribution in [2.45, 2.75) is 13.5 Å². The quantitative estimate of drug-likeness (QED) is 0.482. The lowest BCUT2D eigenvalue weighted by Crippen LogP contribution is -2.54. The van der Waals surface area contributed by atoms with Crippen LogP contribution in [0.4, 0.5) is 14.9 Å². The summed E-state index contributed by atoms with van der Waals surface area (Å²) >= 11 is 0. The molecule has 3 aromatic carbocycles. The minimum atomic E-state index is -0.815. The molecular formula is C25H19FN2O4. The number of amides is 4. The van der Waals surface area contributed by atoms with Crippen molar-refractivity contribution in [1.82, 2.24) is 5.32 Å². The van der Waals surface area contributed by atoms with Gasteiger partial charge in [-0.15, -0.1) is 0 Å². The van der Waals surface area contributed by atoms with E-state index in [0.717, 1.165) is 10.5 Å². The summed E-state index contributed by atoms with van der Waals surface area (Å²) in [6.07, 6.45) is 1.36. The molecule has 0 unspecified atom stereocenters. The number of carbonyl (C=O) groups is 3. The molecule has 0 atom stereocenters. The van der Waals surface area contributed by atoms with E-state index in [-0.39, 0.29) is 12.2 Å². The fourth-order valence-electron chi connectivity index (χ4n) is 3.24. The van der Waals surface area contributed by atoms with Crippen LogP contribution >= 0.6 is 0 Å². The smallest absolute Gasteiger partial charge is 0.335 e. The lowest BCUT2D eigenvalue weighted by atomic mass is 10.1. The number of nitrogens with one attached hydrogen (secondary N) is 1. The molecular weight excluding hydrogens is 411 g/mol. The molecule has 32 heavy (non-hydrogen) atoms. The van der Waals surface area contributed by atoms with Gasteiger partial charge < -0.3 is 4.74 Å². The predicted octanol–water partition coefficient (Wildman–Crippen LogP) is 4.38. The van der Waals surface area contributed by atoms with Crippen LogP contribution in [0.1, 0.15) is 16.7 Å². The molecule has 1 heterocycles. The molecule has 7 heteroatoms. The van der Waals surface area contributed by atoms with Gasteiger partial charge in [0, 0.05) is 11.1 Å². The van der Waals surface area contributed by atoms with Crippen LogP contribution in [0.15, 0.2) is 78.4 Å². The van der Waals surface area contributed by atoms with Gasteiger partial charge in [-0.2, -0.15) is 0 Å². The summed E-state index contributed by atoms with van der Waals surface area (Å²) in [5.41, 5.74) is 1.91. The number of carbonyl (C=O) groups excluding carboxylic acids is 3. The number of anilines is 1. The largest absolute Gasteiger partial charge is 0.488 e. The molecule has 1 saturated heterocycles. The summed E-state index contributed by atoms with van der Waals surface area (Å²) in [4.78, 5) is 38.8. The molecule has 4 rings (SSSR count). The molecule has 0 spiro atoms. The number of rotatable bonds is 5. The first-order chi connectivity index (χ1) is 15.4. The Balaban J connectivity index is 1.64. The SMILES string of the molecule is Cc1ccc(N2C(=O)NC(=O)/C(=C\c3ccccc3OCc3ccccc3F)C2=O)cc1. The van der Waals surface area contributed by atoms with Crippen molar-refractivity contribution in [2.75, 3.05) is 4.90 Å². The monoisotopic (exact) mass is 430 g/mol. The van der Waals surface area contributed by atoms with Crippen molar-refractivity contribution in [1.29, 1.82) is 0 Å². The summed E-state index contributed by atoms with van der Waals surface area (Å²) in [5.74, 6) is -1.57. The maximum absolute atomic E-state index is 13.9. The predicted molar refractivity (Wildman–Crippen MR) is 117 cm³/mol. The number of urea groups is 1. The summed E-state index contributed by atoms with van der Waals surface area (Å²) in [6, 6.07) is 19.0. The van der Waals surface area contributed by atoms with E-state index in [2.05, 4.69) is 5.32 Å². The van der Waals surface area contributed by atoms with E-state index in [1.165, 1.54) is 12.1 Å².